The number of hydrogen-bond acceptors (Lipinski definition) is 6. The van der Waals surface area contributed by atoms with Gasteiger partial charge >= 0.3 is 0 Å². The highest BCUT2D eigenvalue weighted by Crippen LogP contribution is 2.43. The first-order valence-electron chi connectivity index (χ1n) is 8.11. The van der Waals surface area contributed by atoms with Crippen LogP contribution in [0.15, 0.2) is 0 Å². The standard InChI is InChI=1S/C16H23ClN6O/c1-5-11-8(2)13(21-22(11)4)9(3)23-6-10(7-24)12-14(17)19-16(18)20-15(12)23/h9-10,24H,5-7H2,1-4H3,(H2,18,19,20). The molecule has 3 heterocycles. The molecule has 24 heavy (non-hydrogen) atoms. The molecule has 7 nitrogen and oxygen atoms in total. The number of halogens is 1. The Morgan fingerprint density at radius 3 is 2.71 bits per heavy atom. The number of anilines is 2. The van der Waals surface area contributed by atoms with Crippen LogP contribution in [0.2, 0.25) is 5.15 Å². The highest BCUT2D eigenvalue weighted by Gasteiger charge is 2.37. The molecule has 0 bridgehead atoms. The van der Waals surface area contributed by atoms with E-state index >= 15 is 0 Å². The van der Waals surface area contributed by atoms with Crippen molar-refractivity contribution in [2.24, 2.45) is 7.05 Å². The molecule has 8 heteroatoms. The zero-order valence-corrected chi connectivity index (χ0v) is 15.2. The maximum Gasteiger partial charge on any atom is 0.223 e. The van der Waals surface area contributed by atoms with Crippen LogP contribution in [0, 0.1) is 6.92 Å². The Kier molecular flexibility index (Phi) is 4.40. The molecule has 3 rings (SSSR count). The topological polar surface area (TPSA) is 93.1 Å². The predicted molar refractivity (Wildman–Crippen MR) is 94.4 cm³/mol. The van der Waals surface area contributed by atoms with Gasteiger partial charge in [0, 0.05) is 30.8 Å². The van der Waals surface area contributed by atoms with E-state index in [9.17, 15) is 5.11 Å². The fourth-order valence-corrected chi connectivity index (χ4v) is 3.97. The van der Waals surface area contributed by atoms with Crippen molar-refractivity contribution >= 4 is 23.4 Å². The monoisotopic (exact) mass is 350 g/mol. The molecule has 0 radical (unpaired) electrons. The van der Waals surface area contributed by atoms with Crippen LogP contribution in [0.1, 0.15) is 48.3 Å². The zero-order chi connectivity index (χ0) is 17.6. The quantitative estimate of drug-likeness (QED) is 0.819. The SMILES string of the molecule is CCc1c(C)c(C(C)N2CC(CO)c3c(Cl)nc(N)nc32)nn1C. The van der Waals surface area contributed by atoms with Crippen LogP contribution in [0.3, 0.4) is 0 Å². The second kappa shape index (κ2) is 6.22. The minimum Gasteiger partial charge on any atom is -0.396 e. The van der Waals surface area contributed by atoms with Gasteiger partial charge in [0.1, 0.15) is 11.0 Å². The molecule has 0 fully saturated rings. The lowest BCUT2D eigenvalue weighted by atomic mass is 10.1. The summed E-state index contributed by atoms with van der Waals surface area (Å²) in [5.74, 6) is 0.717. The van der Waals surface area contributed by atoms with Gasteiger partial charge in [0.15, 0.2) is 0 Å². The highest BCUT2D eigenvalue weighted by atomic mass is 35.5. The molecule has 0 aromatic carbocycles. The fourth-order valence-electron chi connectivity index (χ4n) is 3.65. The van der Waals surface area contributed by atoms with E-state index in [1.165, 1.54) is 11.3 Å². The molecule has 0 saturated carbocycles. The first-order valence-corrected chi connectivity index (χ1v) is 8.49. The van der Waals surface area contributed by atoms with Gasteiger partial charge in [-0.25, -0.2) is 4.98 Å². The third-order valence-electron chi connectivity index (χ3n) is 4.88. The summed E-state index contributed by atoms with van der Waals surface area (Å²) in [6.07, 6.45) is 0.929. The summed E-state index contributed by atoms with van der Waals surface area (Å²) < 4.78 is 1.93. The lowest BCUT2D eigenvalue weighted by molar-refractivity contribution is 0.269. The molecule has 2 aromatic heterocycles. The van der Waals surface area contributed by atoms with Crippen molar-refractivity contribution in [3.8, 4) is 0 Å². The first kappa shape index (κ1) is 17.0. The Morgan fingerprint density at radius 1 is 1.42 bits per heavy atom. The Labute approximate surface area is 146 Å². The van der Waals surface area contributed by atoms with E-state index in [2.05, 4.69) is 35.6 Å². The maximum absolute atomic E-state index is 9.73. The van der Waals surface area contributed by atoms with Crippen LogP contribution in [0.4, 0.5) is 11.8 Å². The van der Waals surface area contributed by atoms with E-state index < -0.39 is 0 Å². The van der Waals surface area contributed by atoms with Crippen molar-refractivity contribution < 1.29 is 5.11 Å². The molecule has 2 aromatic rings. The van der Waals surface area contributed by atoms with E-state index in [1.807, 2.05) is 11.7 Å². The lowest BCUT2D eigenvalue weighted by Gasteiger charge is -2.26. The summed E-state index contributed by atoms with van der Waals surface area (Å²) in [5.41, 5.74) is 9.97. The number of rotatable bonds is 4. The molecular formula is C16H23ClN6O. The predicted octanol–water partition coefficient (Wildman–Crippen LogP) is 1.97. The minimum atomic E-state index is -0.120. The largest absolute Gasteiger partial charge is 0.396 e. The lowest BCUT2D eigenvalue weighted by Crippen LogP contribution is -2.28. The van der Waals surface area contributed by atoms with Crippen LogP contribution < -0.4 is 10.6 Å². The third-order valence-corrected chi connectivity index (χ3v) is 5.17. The molecule has 2 atom stereocenters. The van der Waals surface area contributed by atoms with Gasteiger partial charge in [-0.05, 0) is 25.8 Å². The van der Waals surface area contributed by atoms with Gasteiger partial charge in [0.05, 0.1) is 18.3 Å². The Hall–Kier alpha value is -1.86. The van der Waals surface area contributed by atoms with E-state index in [0.717, 1.165) is 17.7 Å². The highest BCUT2D eigenvalue weighted by molar-refractivity contribution is 6.30. The van der Waals surface area contributed by atoms with Gasteiger partial charge in [-0.1, -0.05) is 18.5 Å². The Balaban J connectivity index is 2.06. The van der Waals surface area contributed by atoms with Gasteiger partial charge in [-0.15, -0.1) is 0 Å². The summed E-state index contributed by atoms with van der Waals surface area (Å²) in [5, 5.41) is 14.7. The van der Waals surface area contributed by atoms with Crippen LogP contribution >= 0.6 is 11.6 Å². The number of aliphatic hydroxyl groups excluding tert-OH is 1. The summed E-state index contributed by atoms with van der Waals surface area (Å²) in [4.78, 5) is 10.5. The van der Waals surface area contributed by atoms with E-state index in [4.69, 9.17) is 22.4 Å². The maximum atomic E-state index is 9.73. The number of aryl methyl sites for hydroxylation is 1. The van der Waals surface area contributed by atoms with Crippen LogP contribution in [0.25, 0.3) is 0 Å². The molecule has 1 aliphatic rings. The van der Waals surface area contributed by atoms with Crippen LogP contribution in [-0.4, -0.2) is 38.0 Å². The summed E-state index contributed by atoms with van der Waals surface area (Å²) in [6.45, 7) is 6.91. The minimum absolute atomic E-state index is 0.00262. The molecule has 0 spiro atoms. The number of nitrogens with zero attached hydrogens (tertiary/aromatic N) is 5. The molecular weight excluding hydrogens is 328 g/mol. The molecule has 2 unspecified atom stereocenters. The van der Waals surface area contributed by atoms with Gasteiger partial charge in [0.25, 0.3) is 0 Å². The fraction of sp³-hybridized carbons (Fsp3) is 0.562. The zero-order valence-electron chi connectivity index (χ0n) is 14.4. The normalized spacial score (nSPS) is 18.1. The molecule has 130 valence electrons. The third kappa shape index (κ3) is 2.52. The average Bonchev–Trinajstić information content (AvgIpc) is 3.04. The smallest absolute Gasteiger partial charge is 0.223 e. The van der Waals surface area contributed by atoms with Crippen molar-refractivity contribution in [1.29, 1.82) is 0 Å². The van der Waals surface area contributed by atoms with Gasteiger partial charge < -0.3 is 15.7 Å². The van der Waals surface area contributed by atoms with Crippen molar-refractivity contribution in [3.63, 3.8) is 0 Å². The van der Waals surface area contributed by atoms with Gasteiger partial charge in [-0.2, -0.15) is 10.1 Å². The van der Waals surface area contributed by atoms with Crippen molar-refractivity contribution in [2.45, 2.75) is 39.2 Å². The van der Waals surface area contributed by atoms with Crippen LogP contribution in [0.5, 0.6) is 0 Å². The Morgan fingerprint density at radius 2 is 2.12 bits per heavy atom. The number of nitrogen functional groups attached to an aromatic ring is 1. The second-order valence-corrected chi connectivity index (χ2v) is 6.61. The molecule has 1 aliphatic heterocycles. The Bertz CT molecular complexity index is 774. The number of hydrogen-bond donors (Lipinski definition) is 2. The van der Waals surface area contributed by atoms with E-state index in [1.54, 1.807) is 0 Å². The van der Waals surface area contributed by atoms with E-state index in [-0.39, 0.29) is 24.5 Å². The van der Waals surface area contributed by atoms with E-state index in [0.29, 0.717) is 17.5 Å². The van der Waals surface area contributed by atoms with Crippen LogP contribution in [-0.2, 0) is 13.5 Å². The van der Waals surface area contributed by atoms with Crippen molar-refractivity contribution in [3.05, 3.63) is 27.7 Å². The van der Waals surface area contributed by atoms with Crippen molar-refractivity contribution in [1.82, 2.24) is 19.7 Å². The molecule has 0 saturated heterocycles. The summed E-state index contributed by atoms with van der Waals surface area (Å²) in [6, 6.07) is -0.00262. The molecule has 0 amide bonds. The molecule has 3 N–H and O–H groups in total. The second-order valence-electron chi connectivity index (χ2n) is 6.25. The summed E-state index contributed by atoms with van der Waals surface area (Å²) in [7, 11) is 1.97. The van der Waals surface area contributed by atoms with Gasteiger partial charge in [-0.3, -0.25) is 4.68 Å². The first-order chi connectivity index (χ1) is 11.4. The number of nitrogens with two attached hydrogens (primary N) is 1. The number of aromatic nitrogens is 4. The number of fused-ring (bicyclic) bond motifs is 1. The van der Waals surface area contributed by atoms with Crippen molar-refractivity contribution in [2.75, 3.05) is 23.8 Å². The number of aliphatic hydroxyl groups is 1. The summed E-state index contributed by atoms with van der Waals surface area (Å²) >= 11 is 6.26. The molecule has 0 aliphatic carbocycles. The average molecular weight is 351 g/mol. The van der Waals surface area contributed by atoms with Gasteiger partial charge in [0.2, 0.25) is 5.95 Å².